The third-order valence-electron chi connectivity index (χ3n) is 2.49. The molecule has 16 heavy (non-hydrogen) atoms. The molecule has 0 atom stereocenters. The summed E-state index contributed by atoms with van der Waals surface area (Å²) in [6.45, 7) is 2.46. The monoisotopic (exact) mass is 241 g/mol. The number of aromatic nitrogens is 1. The van der Waals surface area contributed by atoms with Crippen molar-refractivity contribution in [3.8, 4) is 0 Å². The predicted octanol–water partition coefficient (Wildman–Crippen LogP) is 1.68. The molecule has 0 bridgehead atoms. The summed E-state index contributed by atoms with van der Waals surface area (Å²) in [5.74, 6) is 0.863. The van der Waals surface area contributed by atoms with Gasteiger partial charge in [-0.15, -0.1) is 0 Å². The van der Waals surface area contributed by atoms with E-state index in [-0.39, 0.29) is 0 Å². The summed E-state index contributed by atoms with van der Waals surface area (Å²) in [6, 6.07) is 1.96. The zero-order valence-electron chi connectivity index (χ0n) is 9.59. The summed E-state index contributed by atoms with van der Waals surface area (Å²) in [5, 5.41) is 8.23. The molecule has 0 saturated carbocycles. The Bertz CT molecular complexity index is 398. The number of nitrogens with one attached hydrogen (secondary N) is 1. The van der Waals surface area contributed by atoms with Gasteiger partial charge >= 0.3 is 0 Å². The fraction of sp³-hybridized carbons (Fsp3) is 0.545. The van der Waals surface area contributed by atoms with Gasteiger partial charge in [0.1, 0.15) is 5.69 Å². The predicted molar refractivity (Wildman–Crippen MR) is 64.2 cm³/mol. The quantitative estimate of drug-likeness (QED) is 0.874. The highest BCUT2D eigenvalue weighted by Crippen LogP contribution is 2.25. The van der Waals surface area contributed by atoms with Crippen molar-refractivity contribution < 1.29 is 4.52 Å². The van der Waals surface area contributed by atoms with Gasteiger partial charge in [0.25, 0.3) is 0 Å². The molecule has 2 heterocycles. The van der Waals surface area contributed by atoms with Crippen LogP contribution in [-0.4, -0.2) is 37.2 Å². The molecular formula is C11H16ClN3O. The first-order valence-corrected chi connectivity index (χ1v) is 5.73. The number of nitrogens with zero attached hydrogens (tertiary/aromatic N) is 2. The highest BCUT2D eigenvalue weighted by atomic mass is 35.5. The van der Waals surface area contributed by atoms with Gasteiger partial charge < -0.3 is 14.7 Å². The lowest BCUT2D eigenvalue weighted by Gasteiger charge is -2.14. The standard InChI is InChI=1S/C11H16ClN3O/c1-15(2)7-8-5-11(14-16-8)9-6-13-4-3-10(9)12/h5,13H,3-4,6-7H2,1-2H3. The maximum absolute atomic E-state index is 6.18. The van der Waals surface area contributed by atoms with Gasteiger partial charge in [0.15, 0.2) is 5.76 Å². The minimum atomic E-state index is 0.755. The van der Waals surface area contributed by atoms with E-state index in [1.807, 2.05) is 25.1 Å². The Morgan fingerprint density at radius 2 is 2.38 bits per heavy atom. The van der Waals surface area contributed by atoms with Gasteiger partial charge in [-0.1, -0.05) is 16.8 Å². The third-order valence-corrected chi connectivity index (χ3v) is 2.91. The first-order valence-electron chi connectivity index (χ1n) is 5.36. The van der Waals surface area contributed by atoms with E-state index < -0.39 is 0 Å². The lowest BCUT2D eigenvalue weighted by Crippen LogP contribution is -2.23. The summed E-state index contributed by atoms with van der Waals surface area (Å²) in [6.07, 6.45) is 0.868. The molecule has 88 valence electrons. The second-order valence-corrected chi connectivity index (χ2v) is 4.68. The molecule has 0 aliphatic carbocycles. The molecule has 2 rings (SSSR count). The summed E-state index contributed by atoms with van der Waals surface area (Å²) >= 11 is 6.18. The molecule has 0 fully saturated rings. The van der Waals surface area contributed by atoms with Crippen LogP contribution in [0.3, 0.4) is 0 Å². The van der Waals surface area contributed by atoms with Gasteiger partial charge in [0.05, 0.1) is 6.54 Å². The van der Waals surface area contributed by atoms with Gasteiger partial charge in [0, 0.05) is 29.8 Å². The van der Waals surface area contributed by atoms with Crippen LogP contribution < -0.4 is 5.32 Å². The van der Waals surface area contributed by atoms with Crippen LogP contribution in [0.2, 0.25) is 0 Å². The summed E-state index contributed by atoms with van der Waals surface area (Å²) in [7, 11) is 3.99. The molecule has 1 N–H and O–H groups in total. The zero-order valence-corrected chi connectivity index (χ0v) is 10.3. The number of hydrogen-bond acceptors (Lipinski definition) is 4. The fourth-order valence-corrected chi connectivity index (χ4v) is 1.99. The lowest BCUT2D eigenvalue weighted by molar-refractivity contribution is 0.309. The van der Waals surface area contributed by atoms with Crippen LogP contribution in [0.5, 0.6) is 0 Å². The van der Waals surface area contributed by atoms with E-state index in [9.17, 15) is 0 Å². The maximum atomic E-state index is 6.18. The van der Waals surface area contributed by atoms with Gasteiger partial charge in [-0.2, -0.15) is 0 Å². The number of halogens is 1. The van der Waals surface area contributed by atoms with E-state index in [0.717, 1.165) is 48.1 Å². The average molecular weight is 242 g/mol. The smallest absolute Gasteiger partial charge is 0.151 e. The minimum absolute atomic E-state index is 0.755. The molecule has 1 aliphatic heterocycles. The molecule has 5 heteroatoms. The van der Waals surface area contributed by atoms with Crippen LogP contribution in [0.25, 0.3) is 5.57 Å². The van der Waals surface area contributed by atoms with Crippen LogP contribution >= 0.6 is 11.6 Å². The van der Waals surface area contributed by atoms with Crippen molar-refractivity contribution in [1.82, 2.24) is 15.4 Å². The normalized spacial score (nSPS) is 17.2. The van der Waals surface area contributed by atoms with E-state index in [0.29, 0.717) is 0 Å². The Hall–Kier alpha value is -0.840. The van der Waals surface area contributed by atoms with Crippen molar-refractivity contribution in [2.75, 3.05) is 27.2 Å². The average Bonchev–Trinajstić information content (AvgIpc) is 2.66. The molecule has 0 spiro atoms. The molecule has 0 unspecified atom stereocenters. The molecule has 0 aromatic carbocycles. The Morgan fingerprint density at radius 3 is 3.06 bits per heavy atom. The van der Waals surface area contributed by atoms with E-state index in [1.54, 1.807) is 0 Å². The van der Waals surface area contributed by atoms with Gasteiger partial charge in [-0.3, -0.25) is 0 Å². The second-order valence-electron chi connectivity index (χ2n) is 4.23. The largest absolute Gasteiger partial charge is 0.359 e. The Kier molecular flexibility index (Phi) is 3.63. The zero-order chi connectivity index (χ0) is 11.5. The van der Waals surface area contributed by atoms with E-state index in [1.165, 1.54) is 0 Å². The van der Waals surface area contributed by atoms with Crippen LogP contribution in [0.4, 0.5) is 0 Å². The minimum Gasteiger partial charge on any atom is -0.359 e. The second kappa shape index (κ2) is 4.99. The van der Waals surface area contributed by atoms with Gasteiger partial charge in [0.2, 0.25) is 0 Å². The molecule has 0 amide bonds. The van der Waals surface area contributed by atoms with Crippen molar-refractivity contribution in [2.45, 2.75) is 13.0 Å². The first kappa shape index (κ1) is 11.6. The Balaban J connectivity index is 2.18. The Morgan fingerprint density at radius 1 is 1.56 bits per heavy atom. The van der Waals surface area contributed by atoms with Crippen molar-refractivity contribution in [1.29, 1.82) is 0 Å². The summed E-state index contributed by atoms with van der Waals surface area (Å²) < 4.78 is 5.26. The topological polar surface area (TPSA) is 41.3 Å². The Labute approximate surface area is 100 Å². The van der Waals surface area contributed by atoms with E-state index in [4.69, 9.17) is 16.1 Å². The fourth-order valence-electron chi connectivity index (χ4n) is 1.73. The maximum Gasteiger partial charge on any atom is 0.151 e. The van der Waals surface area contributed by atoms with Crippen LogP contribution in [-0.2, 0) is 6.54 Å². The van der Waals surface area contributed by atoms with Crippen molar-refractivity contribution in [3.63, 3.8) is 0 Å². The van der Waals surface area contributed by atoms with Crippen molar-refractivity contribution >= 4 is 17.2 Å². The highest BCUT2D eigenvalue weighted by molar-refractivity contribution is 6.32. The van der Waals surface area contributed by atoms with Crippen molar-refractivity contribution in [2.24, 2.45) is 0 Å². The van der Waals surface area contributed by atoms with Crippen LogP contribution in [0.1, 0.15) is 17.9 Å². The molecular weight excluding hydrogens is 226 g/mol. The summed E-state index contributed by atoms with van der Waals surface area (Å²) in [4.78, 5) is 2.04. The highest BCUT2D eigenvalue weighted by Gasteiger charge is 2.16. The van der Waals surface area contributed by atoms with E-state index in [2.05, 4.69) is 10.5 Å². The number of hydrogen-bond donors (Lipinski definition) is 1. The molecule has 0 saturated heterocycles. The number of rotatable bonds is 3. The molecule has 1 aromatic rings. The van der Waals surface area contributed by atoms with Crippen LogP contribution in [0, 0.1) is 0 Å². The van der Waals surface area contributed by atoms with Crippen LogP contribution in [0.15, 0.2) is 15.6 Å². The van der Waals surface area contributed by atoms with Gasteiger partial charge in [-0.05, 0) is 20.5 Å². The summed E-state index contributed by atoms with van der Waals surface area (Å²) in [5.41, 5.74) is 1.91. The molecule has 1 aromatic heterocycles. The third kappa shape index (κ3) is 2.64. The van der Waals surface area contributed by atoms with Gasteiger partial charge in [-0.25, -0.2) is 0 Å². The lowest BCUT2D eigenvalue weighted by atomic mass is 10.1. The molecule has 1 aliphatic rings. The van der Waals surface area contributed by atoms with Crippen molar-refractivity contribution in [3.05, 3.63) is 22.6 Å². The van der Waals surface area contributed by atoms with E-state index >= 15 is 0 Å². The molecule has 0 radical (unpaired) electrons. The SMILES string of the molecule is CN(C)Cc1cc(C2=C(Cl)CCNC2)no1. The molecule has 4 nitrogen and oxygen atoms in total. The first-order chi connectivity index (χ1) is 7.66.